The number of rotatable bonds is 5. The van der Waals surface area contributed by atoms with Gasteiger partial charge in [-0.2, -0.15) is 18.3 Å². The molecule has 2 rings (SSSR count). The van der Waals surface area contributed by atoms with Crippen LogP contribution >= 0.6 is 0 Å². The number of aromatic nitrogens is 2. The third kappa shape index (κ3) is 3.89. The lowest BCUT2D eigenvalue weighted by Gasteiger charge is -2.15. The molecule has 1 aromatic carbocycles. The Kier molecular flexibility index (Phi) is 5.05. The van der Waals surface area contributed by atoms with Gasteiger partial charge in [0.25, 0.3) is 5.91 Å². The van der Waals surface area contributed by atoms with Crippen LogP contribution in [0, 0.1) is 0 Å². The summed E-state index contributed by atoms with van der Waals surface area (Å²) in [6.07, 6.45) is -4.56. The summed E-state index contributed by atoms with van der Waals surface area (Å²) in [4.78, 5) is 11.9. The summed E-state index contributed by atoms with van der Waals surface area (Å²) in [5.41, 5.74) is -1.20. The van der Waals surface area contributed by atoms with E-state index in [9.17, 15) is 18.0 Å². The summed E-state index contributed by atoms with van der Waals surface area (Å²) in [6.45, 7) is 3.44. The minimum absolute atomic E-state index is 0.248. The van der Waals surface area contributed by atoms with Crippen LogP contribution in [0.5, 0.6) is 0 Å². The van der Waals surface area contributed by atoms with E-state index in [4.69, 9.17) is 4.74 Å². The fraction of sp³-hybridized carbons (Fsp3) is 0.333. The molecule has 0 spiro atoms. The van der Waals surface area contributed by atoms with Crippen LogP contribution in [0.4, 0.5) is 18.9 Å². The van der Waals surface area contributed by atoms with Crippen LogP contribution in [-0.2, 0) is 15.7 Å². The molecule has 0 radical (unpaired) electrons. The van der Waals surface area contributed by atoms with Gasteiger partial charge in [0.15, 0.2) is 5.69 Å². The lowest BCUT2D eigenvalue weighted by atomic mass is 10.3. The number of nitrogens with zero attached hydrogens (tertiary/aromatic N) is 2. The highest BCUT2D eigenvalue weighted by atomic mass is 19.4. The quantitative estimate of drug-likeness (QED) is 0.917. The standard InChI is InChI=1S/C15H16F3N3O2/c1-3-23-10(2)14(22)20-12-9-19-21(13(12)15(16,17)18)11-7-5-4-6-8-11/h4-10H,3H2,1-2H3,(H,20,22)/t10-/m1/s1. The molecule has 0 bridgehead atoms. The molecule has 1 N–H and O–H groups in total. The highest BCUT2D eigenvalue weighted by Gasteiger charge is 2.39. The Hall–Kier alpha value is -2.35. The van der Waals surface area contributed by atoms with E-state index in [1.165, 1.54) is 19.1 Å². The first-order chi connectivity index (χ1) is 10.8. The van der Waals surface area contributed by atoms with Gasteiger partial charge in [0.1, 0.15) is 6.10 Å². The zero-order chi connectivity index (χ0) is 17.0. The Morgan fingerprint density at radius 3 is 2.57 bits per heavy atom. The minimum Gasteiger partial charge on any atom is -0.369 e. The van der Waals surface area contributed by atoms with Crippen molar-refractivity contribution in [1.29, 1.82) is 0 Å². The molecular weight excluding hydrogens is 311 g/mol. The highest BCUT2D eigenvalue weighted by Crippen LogP contribution is 2.36. The largest absolute Gasteiger partial charge is 0.435 e. The normalized spacial score (nSPS) is 12.9. The molecule has 0 saturated carbocycles. The number of alkyl halides is 3. The van der Waals surface area contributed by atoms with Crippen molar-refractivity contribution in [1.82, 2.24) is 9.78 Å². The number of halogens is 3. The van der Waals surface area contributed by atoms with Gasteiger partial charge in [-0.15, -0.1) is 0 Å². The zero-order valence-corrected chi connectivity index (χ0v) is 12.6. The van der Waals surface area contributed by atoms with Crippen LogP contribution in [0.2, 0.25) is 0 Å². The van der Waals surface area contributed by atoms with Crippen LogP contribution in [-0.4, -0.2) is 28.4 Å². The molecular formula is C15H16F3N3O2. The number of nitrogens with one attached hydrogen (secondary N) is 1. The van der Waals surface area contributed by atoms with Gasteiger partial charge in [0, 0.05) is 6.61 Å². The van der Waals surface area contributed by atoms with Crippen LogP contribution in [0.3, 0.4) is 0 Å². The number of amides is 1. The van der Waals surface area contributed by atoms with E-state index in [1.807, 2.05) is 0 Å². The second-order valence-electron chi connectivity index (χ2n) is 4.74. The SMILES string of the molecule is CCO[C@H](C)C(=O)Nc1cnn(-c2ccccc2)c1C(F)(F)F. The summed E-state index contributed by atoms with van der Waals surface area (Å²) in [5, 5.41) is 5.98. The van der Waals surface area contributed by atoms with Crippen molar-refractivity contribution < 1.29 is 22.7 Å². The van der Waals surface area contributed by atoms with Crippen molar-refractivity contribution in [2.24, 2.45) is 0 Å². The predicted molar refractivity (Wildman–Crippen MR) is 78.3 cm³/mol. The molecule has 1 atom stereocenters. The van der Waals surface area contributed by atoms with Gasteiger partial charge in [-0.3, -0.25) is 4.79 Å². The number of anilines is 1. The maximum atomic E-state index is 13.4. The Bertz CT molecular complexity index is 668. The van der Waals surface area contributed by atoms with Crippen LogP contribution in [0.1, 0.15) is 19.5 Å². The van der Waals surface area contributed by atoms with Crippen LogP contribution in [0.15, 0.2) is 36.5 Å². The number of carbonyl (C=O) groups excluding carboxylic acids is 1. The number of ether oxygens (including phenoxy) is 1. The molecule has 0 saturated heterocycles. The molecule has 0 aliphatic rings. The molecule has 5 nitrogen and oxygen atoms in total. The van der Waals surface area contributed by atoms with E-state index >= 15 is 0 Å². The van der Waals surface area contributed by atoms with Crippen molar-refractivity contribution in [3.05, 3.63) is 42.2 Å². The summed E-state index contributed by atoms with van der Waals surface area (Å²) in [6, 6.07) is 7.89. The molecule has 8 heteroatoms. The minimum atomic E-state index is -4.68. The fourth-order valence-electron chi connectivity index (χ4n) is 2.04. The van der Waals surface area contributed by atoms with Gasteiger partial charge >= 0.3 is 6.18 Å². The van der Waals surface area contributed by atoms with E-state index in [0.29, 0.717) is 0 Å². The summed E-state index contributed by atoms with van der Waals surface area (Å²) in [5.74, 6) is -0.662. The summed E-state index contributed by atoms with van der Waals surface area (Å²) < 4.78 is 46.0. The fourth-order valence-corrected chi connectivity index (χ4v) is 2.04. The topological polar surface area (TPSA) is 56.1 Å². The Labute approximate surface area is 131 Å². The predicted octanol–water partition coefficient (Wildman–Crippen LogP) is 3.25. The van der Waals surface area contributed by atoms with Gasteiger partial charge in [-0.1, -0.05) is 18.2 Å². The van der Waals surface area contributed by atoms with Crippen LogP contribution < -0.4 is 5.32 Å². The number of carbonyl (C=O) groups is 1. The molecule has 2 aromatic rings. The third-order valence-corrected chi connectivity index (χ3v) is 3.08. The lowest BCUT2D eigenvalue weighted by molar-refractivity contribution is -0.142. The van der Waals surface area contributed by atoms with Gasteiger partial charge in [-0.25, -0.2) is 4.68 Å². The Morgan fingerprint density at radius 2 is 2.00 bits per heavy atom. The van der Waals surface area contributed by atoms with Crippen molar-refractivity contribution in [2.45, 2.75) is 26.1 Å². The second-order valence-corrected chi connectivity index (χ2v) is 4.74. The molecule has 0 fully saturated rings. The second kappa shape index (κ2) is 6.82. The van der Waals surface area contributed by atoms with Gasteiger partial charge in [0.2, 0.25) is 0 Å². The van der Waals surface area contributed by atoms with Crippen molar-refractivity contribution in [3.63, 3.8) is 0 Å². The third-order valence-electron chi connectivity index (χ3n) is 3.08. The number of hydrogen-bond donors (Lipinski definition) is 1. The van der Waals surface area contributed by atoms with Crippen molar-refractivity contribution in [2.75, 3.05) is 11.9 Å². The van der Waals surface area contributed by atoms with E-state index in [-0.39, 0.29) is 12.3 Å². The maximum absolute atomic E-state index is 13.4. The molecule has 0 aliphatic carbocycles. The number of para-hydroxylation sites is 1. The number of hydrogen-bond acceptors (Lipinski definition) is 3. The average molecular weight is 327 g/mol. The van der Waals surface area contributed by atoms with E-state index in [0.717, 1.165) is 10.9 Å². The summed E-state index contributed by atoms with van der Waals surface area (Å²) >= 11 is 0. The zero-order valence-electron chi connectivity index (χ0n) is 12.6. The molecule has 1 heterocycles. The molecule has 124 valence electrons. The highest BCUT2D eigenvalue weighted by molar-refractivity contribution is 5.94. The first-order valence-electron chi connectivity index (χ1n) is 6.97. The molecule has 1 amide bonds. The van der Waals surface area contributed by atoms with E-state index < -0.39 is 29.6 Å². The monoisotopic (exact) mass is 327 g/mol. The summed E-state index contributed by atoms with van der Waals surface area (Å²) in [7, 11) is 0. The average Bonchev–Trinajstić information content (AvgIpc) is 2.92. The molecule has 1 aromatic heterocycles. The van der Waals surface area contributed by atoms with E-state index in [2.05, 4.69) is 10.4 Å². The smallest absolute Gasteiger partial charge is 0.369 e. The maximum Gasteiger partial charge on any atom is 0.435 e. The number of benzene rings is 1. The van der Waals surface area contributed by atoms with Crippen molar-refractivity contribution >= 4 is 11.6 Å². The van der Waals surface area contributed by atoms with Gasteiger partial charge in [-0.05, 0) is 26.0 Å². The molecule has 0 aliphatic heterocycles. The first-order valence-corrected chi connectivity index (χ1v) is 6.97. The van der Waals surface area contributed by atoms with Crippen LogP contribution in [0.25, 0.3) is 5.69 Å². The van der Waals surface area contributed by atoms with E-state index in [1.54, 1.807) is 25.1 Å². The Balaban J connectivity index is 2.38. The molecule has 0 unspecified atom stereocenters. The molecule has 23 heavy (non-hydrogen) atoms. The van der Waals surface area contributed by atoms with Gasteiger partial charge in [0.05, 0.1) is 17.6 Å². The van der Waals surface area contributed by atoms with Crippen molar-refractivity contribution in [3.8, 4) is 5.69 Å². The Morgan fingerprint density at radius 1 is 1.35 bits per heavy atom. The van der Waals surface area contributed by atoms with Gasteiger partial charge < -0.3 is 10.1 Å². The lowest BCUT2D eigenvalue weighted by Crippen LogP contribution is -2.28. The first kappa shape index (κ1) is 17.0.